The zero-order valence-electron chi connectivity index (χ0n) is 17.6. The van der Waals surface area contributed by atoms with Crippen molar-refractivity contribution in [3.63, 3.8) is 0 Å². The smallest absolute Gasteiger partial charge is 0.354 e. The molecule has 1 atom stereocenters. The molecular formula is C22H24F3N5O2. The van der Waals surface area contributed by atoms with Gasteiger partial charge in [-0.1, -0.05) is 0 Å². The summed E-state index contributed by atoms with van der Waals surface area (Å²) in [5.74, 6) is 0.482. The zero-order valence-corrected chi connectivity index (χ0v) is 17.6. The standard InChI is InChI=1S/C22H24F3N5O2/c1-13-9-16(22(23,24)25)11-27-19(13)30-8-2-3-17(12-30)28-21(32)15-6-7-26-18(10-15)29-20(31)14-4-5-14/h6-7,9-11,14,17H,2-5,8,12H2,1H3,(H,28,32)(H,26,29,31). The average molecular weight is 447 g/mol. The van der Waals surface area contributed by atoms with Crippen LogP contribution in [-0.2, 0) is 11.0 Å². The Labute approximate surface area is 183 Å². The molecule has 170 valence electrons. The van der Waals surface area contributed by atoms with Gasteiger partial charge in [-0.15, -0.1) is 0 Å². The van der Waals surface area contributed by atoms with Crippen LogP contribution < -0.4 is 15.5 Å². The van der Waals surface area contributed by atoms with Crippen molar-refractivity contribution in [2.45, 2.75) is 44.8 Å². The quantitative estimate of drug-likeness (QED) is 0.732. The Morgan fingerprint density at radius 2 is 1.94 bits per heavy atom. The van der Waals surface area contributed by atoms with Gasteiger partial charge in [0, 0.05) is 43.0 Å². The molecule has 32 heavy (non-hydrogen) atoms. The second-order valence-corrected chi connectivity index (χ2v) is 8.31. The van der Waals surface area contributed by atoms with Gasteiger partial charge >= 0.3 is 6.18 Å². The fourth-order valence-electron chi connectivity index (χ4n) is 3.82. The lowest BCUT2D eigenvalue weighted by Crippen LogP contribution is -2.48. The molecule has 10 heteroatoms. The van der Waals surface area contributed by atoms with Gasteiger partial charge in [-0.3, -0.25) is 9.59 Å². The molecule has 1 unspecified atom stereocenters. The van der Waals surface area contributed by atoms with Gasteiger partial charge in [0.25, 0.3) is 5.91 Å². The number of amides is 2. The van der Waals surface area contributed by atoms with Crippen LogP contribution in [0.3, 0.4) is 0 Å². The number of nitrogens with one attached hydrogen (secondary N) is 2. The monoisotopic (exact) mass is 447 g/mol. The third kappa shape index (κ3) is 5.17. The number of nitrogens with zero attached hydrogens (tertiary/aromatic N) is 3. The molecule has 2 N–H and O–H groups in total. The van der Waals surface area contributed by atoms with E-state index >= 15 is 0 Å². The second kappa shape index (κ2) is 8.76. The minimum Gasteiger partial charge on any atom is -0.354 e. The van der Waals surface area contributed by atoms with E-state index in [1.165, 1.54) is 12.3 Å². The molecule has 1 aliphatic heterocycles. The molecule has 2 aromatic rings. The molecule has 0 aromatic carbocycles. The van der Waals surface area contributed by atoms with Gasteiger partial charge in [0.15, 0.2) is 0 Å². The summed E-state index contributed by atoms with van der Waals surface area (Å²) < 4.78 is 38.8. The number of aromatic nitrogens is 2. The molecule has 0 spiro atoms. The zero-order chi connectivity index (χ0) is 22.9. The van der Waals surface area contributed by atoms with E-state index in [0.717, 1.165) is 37.9 Å². The van der Waals surface area contributed by atoms with Crippen LogP contribution in [0.2, 0.25) is 0 Å². The Morgan fingerprint density at radius 3 is 2.62 bits per heavy atom. The molecule has 1 aliphatic carbocycles. The summed E-state index contributed by atoms with van der Waals surface area (Å²) in [6.07, 6.45) is 1.15. The first-order valence-corrected chi connectivity index (χ1v) is 10.6. The van der Waals surface area contributed by atoms with E-state index in [0.29, 0.717) is 35.9 Å². The summed E-state index contributed by atoms with van der Waals surface area (Å²) in [7, 11) is 0. The van der Waals surface area contributed by atoms with Crippen molar-refractivity contribution in [2.24, 2.45) is 5.92 Å². The number of rotatable bonds is 5. The average Bonchev–Trinajstić information content (AvgIpc) is 3.59. The highest BCUT2D eigenvalue weighted by molar-refractivity contribution is 5.97. The van der Waals surface area contributed by atoms with Gasteiger partial charge in [0.05, 0.1) is 5.56 Å². The maximum Gasteiger partial charge on any atom is 0.417 e. The maximum absolute atomic E-state index is 12.9. The number of carbonyl (C=O) groups excluding carboxylic acids is 2. The van der Waals surface area contributed by atoms with E-state index in [9.17, 15) is 22.8 Å². The molecule has 1 saturated carbocycles. The predicted octanol–water partition coefficient (Wildman–Crippen LogP) is 3.55. The van der Waals surface area contributed by atoms with Gasteiger partial charge in [0.2, 0.25) is 5.91 Å². The predicted molar refractivity (Wildman–Crippen MR) is 112 cm³/mol. The number of anilines is 2. The van der Waals surface area contributed by atoms with Crippen LogP contribution in [0.15, 0.2) is 30.6 Å². The van der Waals surface area contributed by atoms with Crippen molar-refractivity contribution >= 4 is 23.5 Å². The Hall–Kier alpha value is -3.17. The minimum absolute atomic E-state index is 0.0322. The Balaban J connectivity index is 1.40. The van der Waals surface area contributed by atoms with Crippen molar-refractivity contribution in [2.75, 3.05) is 23.3 Å². The Kier molecular flexibility index (Phi) is 6.03. The molecule has 2 fully saturated rings. The highest BCUT2D eigenvalue weighted by Crippen LogP contribution is 2.32. The molecule has 1 saturated heterocycles. The minimum atomic E-state index is -4.43. The van der Waals surface area contributed by atoms with E-state index in [1.807, 2.05) is 4.90 Å². The number of hydrogen-bond acceptors (Lipinski definition) is 5. The molecule has 7 nitrogen and oxygen atoms in total. The lowest BCUT2D eigenvalue weighted by molar-refractivity contribution is -0.137. The normalized spacial score (nSPS) is 18.9. The first-order valence-electron chi connectivity index (χ1n) is 10.6. The first kappa shape index (κ1) is 22.0. The largest absolute Gasteiger partial charge is 0.417 e. The Morgan fingerprint density at radius 1 is 1.16 bits per heavy atom. The molecule has 0 bridgehead atoms. The van der Waals surface area contributed by atoms with E-state index < -0.39 is 11.7 Å². The van der Waals surface area contributed by atoms with E-state index in [2.05, 4.69) is 20.6 Å². The molecule has 2 aromatic heterocycles. The summed E-state index contributed by atoms with van der Waals surface area (Å²) in [5.41, 5.74) is 0.0481. The van der Waals surface area contributed by atoms with Gasteiger partial charge in [-0.05, 0) is 56.4 Å². The van der Waals surface area contributed by atoms with Gasteiger partial charge in [-0.25, -0.2) is 9.97 Å². The fraction of sp³-hybridized carbons (Fsp3) is 0.455. The summed E-state index contributed by atoms with van der Waals surface area (Å²) in [4.78, 5) is 34.7. The van der Waals surface area contributed by atoms with Crippen LogP contribution in [-0.4, -0.2) is 40.9 Å². The van der Waals surface area contributed by atoms with Crippen molar-refractivity contribution < 1.29 is 22.8 Å². The highest BCUT2D eigenvalue weighted by atomic mass is 19.4. The highest BCUT2D eigenvalue weighted by Gasteiger charge is 2.32. The summed E-state index contributed by atoms with van der Waals surface area (Å²) in [6.45, 7) is 2.70. The number of aryl methyl sites for hydroxylation is 1. The summed E-state index contributed by atoms with van der Waals surface area (Å²) >= 11 is 0. The number of hydrogen-bond donors (Lipinski definition) is 2. The van der Waals surface area contributed by atoms with Crippen molar-refractivity contribution in [3.05, 3.63) is 47.3 Å². The summed E-state index contributed by atoms with van der Waals surface area (Å²) in [5, 5.41) is 5.70. The Bertz CT molecular complexity index is 1020. The fourth-order valence-corrected chi connectivity index (χ4v) is 3.82. The SMILES string of the molecule is Cc1cc(C(F)(F)F)cnc1N1CCCC(NC(=O)c2ccnc(NC(=O)C3CC3)c2)C1. The molecular weight excluding hydrogens is 423 g/mol. The van der Waals surface area contributed by atoms with Crippen LogP contribution in [0, 0.1) is 12.8 Å². The molecule has 2 aliphatic rings. The number of piperidine rings is 1. The third-order valence-corrected chi connectivity index (χ3v) is 5.66. The van der Waals surface area contributed by atoms with E-state index in [-0.39, 0.29) is 23.8 Å². The van der Waals surface area contributed by atoms with E-state index in [1.54, 1.807) is 13.0 Å². The molecule has 0 radical (unpaired) electrons. The summed E-state index contributed by atoms with van der Waals surface area (Å²) in [6, 6.07) is 4.03. The number of pyridine rings is 2. The lowest BCUT2D eigenvalue weighted by Gasteiger charge is -2.34. The van der Waals surface area contributed by atoms with Gasteiger partial charge in [0.1, 0.15) is 11.6 Å². The van der Waals surface area contributed by atoms with Crippen LogP contribution in [0.1, 0.15) is 47.2 Å². The van der Waals surface area contributed by atoms with Crippen molar-refractivity contribution in [1.29, 1.82) is 0 Å². The maximum atomic E-state index is 12.9. The van der Waals surface area contributed by atoms with Crippen LogP contribution in [0.25, 0.3) is 0 Å². The van der Waals surface area contributed by atoms with Crippen molar-refractivity contribution in [1.82, 2.24) is 15.3 Å². The first-order chi connectivity index (χ1) is 15.2. The number of alkyl halides is 3. The topological polar surface area (TPSA) is 87.2 Å². The molecule has 3 heterocycles. The third-order valence-electron chi connectivity index (χ3n) is 5.66. The second-order valence-electron chi connectivity index (χ2n) is 8.31. The van der Waals surface area contributed by atoms with Crippen LogP contribution >= 0.6 is 0 Å². The van der Waals surface area contributed by atoms with Crippen LogP contribution in [0.4, 0.5) is 24.8 Å². The number of halogens is 3. The van der Waals surface area contributed by atoms with Crippen LogP contribution in [0.5, 0.6) is 0 Å². The van der Waals surface area contributed by atoms with Gasteiger partial charge in [-0.2, -0.15) is 13.2 Å². The number of carbonyl (C=O) groups is 2. The van der Waals surface area contributed by atoms with Gasteiger partial charge < -0.3 is 15.5 Å². The molecule has 2 amide bonds. The lowest BCUT2D eigenvalue weighted by atomic mass is 10.0. The van der Waals surface area contributed by atoms with E-state index in [4.69, 9.17) is 0 Å². The molecule has 4 rings (SSSR count). The van der Waals surface area contributed by atoms with Crippen molar-refractivity contribution in [3.8, 4) is 0 Å².